The zero-order chi connectivity index (χ0) is 19.8. The normalized spacial score (nSPS) is 14.8. The number of nitrogens with zero attached hydrogens (tertiary/aromatic N) is 1. The molecule has 0 bridgehead atoms. The van der Waals surface area contributed by atoms with Crippen molar-refractivity contribution < 1.29 is 9.53 Å². The van der Waals surface area contributed by atoms with Gasteiger partial charge in [0.1, 0.15) is 5.75 Å². The second-order valence-electron chi connectivity index (χ2n) is 7.22. The highest BCUT2D eigenvalue weighted by Gasteiger charge is 2.25. The van der Waals surface area contributed by atoms with E-state index in [9.17, 15) is 4.79 Å². The third-order valence-corrected chi connectivity index (χ3v) is 5.53. The highest BCUT2D eigenvalue weighted by atomic mass is 35.5. The first-order valence-electron chi connectivity index (χ1n) is 10.2. The van der Waals surface area contributed by atoms with Crippen LogP contribution in [0, 0.1) is 0 Å². The van der Waals surface area contributed by atoms with E-state index in [0.29, 0.717) is 18.7 Å². The van der Waals surface area contributed by atoms with Gasteiger partial charge in [-0.05, 0) is 68.2 Å². The summed E-state index contributed by atoms with van der Waals surface area (Å²) in [6.45, 7) is 5.45. The molecular formula is C23H30Cl2N2O2. The summed E-state index contributed by atoms with van der Waals surface area (Å²) in [5.74, 6) is 0.729. The van der Waals surface area contributed by atoms with Gasteiger partial charge in [0.2, 0.25) is 0 Å². The van der Waals surface area contributed by atoms with E-state index < -0.39 is 0 Å². The van der Waals surface area contributed by atoms with Crippen LogP contribution in [0.5, 0.6) is 5.75 Å². The van der Waals surface area contributed by atoms with E-state index in [-0.39, 0.29) is 24.4 Å². The van der Waals surface area contributed by atoms with Crippen LogP contribution in [0.3, 0.4) is 0 Å². The van der Waals surface area contributed by atoms with Gasteiger partial charge in [-0.15, -0.1) is 12.4 Å². The number of ether oxygens (including phenoxy) is 1. The van der Waals surface area contributed by atoms with Crippen LogP contribution in [0.15, 0.2) is 48.5 Å². The van der Waals surface area contributed by atoms with Crippen molar-refractivity contribution in [1.82, 2.24) is 10.2 Å². The number of carbonyl (C=O) groups excluding carboxylic acids is 1. The van der Waals surface area contributed by atoms with Crippen molar-refractivity contribution in [2.24, 2.45) is 0 Å². The van der Waals surface area contributed by atoms with Crippen LogP contribution in [-0.4, -0.2) is 37.0 Å². The Morgan fingerprint density at radius 1 is 1.14 bits per heavy atom. The van der Waals surface area contributed by atoms with E-state index in [4.69, 9.17) is 16.3 Å². The average molecular weight is 437 g/mol. The molecule has 6 heteroatoms. The Labute approximate surface area is 185 Å². The third kappa shape index (κ3) is 6.63. The molecule has 1 N–H and O–H groups in total. The summed E-state index contributed by atoms with van der Waals surface area (Å²) >= 11 is 6.45. The summed E-state index contributed by atoms with van der Waals surface area (Å²) in [6, 6.07) is 15.4. The molecule has 2 aromatic rings. The van der Waals surface area contributed by atoms with Crippen molar-refractivity contribution in [1.29, 1.82) is 0 Å². The molecule has 1 saturated heterocycles. The average Bonchev–Trinajstić information content (AvgIpc) is 3.24. The maximum atomic E-state index is 12.6. The summed E-state index contributed by atoms with van der Waals surface area (Å²) in [4.78, 5) is 15.1. The molecule has 0 aliphatic carbocycles. The lowest BCUT2D eigenvalue weighted by Gasteiger charge is -2.29. The Bertz CT molecular complexity index is 762. The molecule has 1 fully saturated rings. The summed E-state index contributed by atoms with van der Waals surface area (Å²) in [6.07, 6.45) is 4.51. The number of amides is 1. The second kappa shape index (κ2) is 12.1. The topological polar surface area (TPSA) is 41.6 Å². The molecule has 1 atom stereocenters. The van der Waals surface area contributed by atoms with Crippen LogP contribution in [-0.2, 0) is 0 Å². The van der Waals surface area contributed by atoms with Gasteiger partial charge in [0.25, 0.3) is 5.91 Å². The number of rotatable bonds is 9. The van der Waals surface area contributed by atoms with E-state index in [1.165, 1.54) is 12.8 Å². The van der Waals surface area contributed by atoms with Gasteiger partial charge >= 0.3 is 0 Å². The van der Waals surface area contributed by atoms with Crippen molar-refractivity contribution in [3.05, 3.63) is 64.7 Å². The highest BCUT2D eigenvalue weighted by Crippen LogP contribution is 2.29. The Morgan fingerprint density at radius 2 is 1.83 bits per heavy atom. The molecule has 1 aliphatic rings. The number of carbonyl (C=O) groups is 1. The number of halogens is 2. The zero-order valence-corrected chi connectivity index (χ0v) is 18.5. The highest BCUT2D eigenvalue weighted by molar-refractivity contribution is 6.31. The molecule has 1 aliphatic heterocycles. The first-order valence-corrected chi connectivity index (χ1v) is 10.6. The zero-order valence-electron chi connectivity index (χ0n) is 16.9. The molecule has 1 unspecified atom stereocenters. The Kier molecular flexibility index (Phi) is 9.79. The lowest BCUT2D eigenvalue weighted by molar-refractivity contribution is 0.0938. The first kappa shape index (κ1) is 23.5. The summed E-state index contributed by atoms with van der Waals surface area (Å²) in [5, 5.41) is 3.85. The lowest BCUT2D eigenvalue weighted by atomic mass is 10.0. The molecule has 158 valence electrons. The Balaban J connectivity index is 0.00000300. The second-order valence-corrected chi connectivity index (χ2v) is 7.62. The van der Waals surface area contributed by atoms with E-state index in [2.05, 4.69) is 23.2 Å². The molecule has 3 rings (SSSR count). The third-order valence-electron chi connectivity index (χ3n) is 5.18. The van der Waals surface area contributed by atoms with E-state index in [0.717, 1.165) is 42.3 Å². The van der Waals surface area contributed by atoms with E-state index >= 15 is 0 Å². The quantitative estimate of drug-likeness (QED) is 0.526. The number of hydrogen-bond donors (Lipinski definition) is 1. The number of nitrogens with one attached hydrogen (secondary N) is 1. The van der Waals surface area contributed by atoms with E-state index in [1.54, 1.807) is 0 Å². The van der Waals surface area contributed by atoms with Gasteiger partial charge in [0, 0.05) is 17.1 Å². The number of benzene rings is 2. The fourth-order valence-corrected chi connectivity index (χ4v) is 3.82. The van der Waals surface area contributed by atoms with Gasteiger partial charge in [0.15, 0.2) is 0 Å². The minimum atomic E-state index is -0.0728. The van der Waals surface area contributed by atoms with Crippen LogP contribution in [0.1, 0.15) is 54.6 Å². The van der Waals surface area contributed by atoms with Crippen LogP contribution in [0.2, 0.25) is 5.02 Å². The minimum absolute atomic E-state index is 0. The van der Waals surface area contributed by atoms with Crippen LogP contribution >= 0.6 is 24.0 Å². The SMILES string of the molecule is CCCCOc1ccc(C(=O)NCC(c2ccccc2Cl)N2CCCC2)cc1.Cl. The van der Waals surface area contributed by atoms with Crippen LogP contribution in [0.4, 0.5) is 0 Å². The van der Waals surface area contributed by atoms with Gasteiger partial charge in [-0.25, -0.2) is 0 Å². The summed E-state index contributed by atoms with van der Waals surface area (Å²) in [5.41, 5.74) is 1.72. The molecule has 1 amide bonds. The number of hydrogen-bond acceptors (Lipinski definition) is 3. The largest absolute Gasteiger partial charge is 0.494 e. The monoisotopic (exact) mass is 436 g/mol. The molecule has 0 aromatic heterocycles. The standard InChI is InChI=1S/C23H29ClN2O2.ClH/c1-2-3-16-28-19-12-10-18(11-13-19)23(27)25-17-22(26-14-6-7-15-26)20-8-4-5-9-21(20)24;/h4-5,8-13,22H,2-3,6-7,14-17H2,1H3,(H,25,27);1H. The molecule has 0 saturated carbocycles. The van der Waals surface area contributed by atoms with Crippen molar-refractivity contribution in [2.75, 3.05) is 26.2 Å². The molecule has 0 spiro atoms. The number of likely N-dealkylation sites (tertiary alicyclic amines) is 1. The smallest absolute Gasteiger partial charge is 0.251 e. The molecule has 29 heavy (non-hydrogen) atoms. The maximum absolute atomic E-state index is 12.6. The van der Waals surface area contributed by atoms with Gasteiger partial charge in [0.05, 0.1) is 12.6 Å². The minimum Gasteiger partial charge on any atom is -0.494 e. The fourth-order valence-electron chi connectivity index (χ4n) is 3.56. The van der Waals surface area contributed by atoms with Gasteiger partial charge < -0.3 is 10.1 Å². The van der Waals surface area contributed by atoms with Gasteiger partial charge in [-0.2, -0.15) is 0 Å². The maximum Gasteiger partial charge on any atom is 0.251 e. The lowest BCUT2D eigenvalue weighted by Crippen LogP contribution is -2.37. The summed E-state index contributed by atoms with van der Waals surface area (Å²) < 4.78 is 5.66. The molecular weight excluding hydrogens is 407 g/mol. The van der Waals surface area contributed by atoms with Crippen molar-refractivity contribution in [3.8, 4) is 5.75 Å². The summed E-state index contributed by atoms with van der Waals surface area (Å²) in [7, 11) is 0. The predicted molar refractivity (Wildman–Crippen MR) is 121 cm³/mol. The molecule has 4 nitrogen and oxygen atoms in total. The molecule has 0 radical (unpaired) electrons. The van der Waals surface area contributed by atoms with Crippen LogP contribution < -0.4 is 10.1 Å². The van der Waals surface area contributed by atoms with Crippen molar-refractivity contribution in [2.45, 2.75) is 38.6 Å². The Hall–Kier alpha value is -1.75. The van der Waals surface area contributed by atoms with Gasteiger partial charge in [-0.3, -0.25) is 9.69 Å². The van der Waals surface area contributed by atoms with Crippen molar-refractivity contribution in [3.63, 3.8) is 0 Å². The van der Waals surface area contributed by atoms with Gasteiger partial charge in [-0.1, -0.05) is 43.1 Å². The number of unbranched alkanes of at least 4 members (excludes halogenated alkanes) is 1. The predicted octanol–water partition coefficient (Wildman–Crippen LogP) is 5.51. The Morgan fingerprint density at radius 3 is 2.48 bits per heavy atom. The van der Waals surface area contributed by atoms with E-state index in [1.807, 2.05) is 42.5 Å². The molecule has 2 aromatic carbocycles. The first-order chi connectivity index (χ1) is 13.7. The fraction of sp³-hybridized carbons (Fsp3) is 0.435. The van der Waals surface area contributed by atoms with Crippen LogP contribution in [0.25, 0.3) is 0 Å². The molecule has 1 heterocycles. The van der Waals surface area contributed by atoms with Crippen molar-refractivity contribution >= 4 is 29.9 Å².